The number of thiazole rings is 1. The van der Waals surface area contributed by atoms with Crippen LogP contribution in [0.5, 0.6) is 0 Å². The molecule has 9 nitrogen and oxygen atoms in total. The van der Waals surface area contributed by atoms with Gasteiger partial charge in [-0.3, -0.25) is 23.7 Å². The molecular weight excluding hydrogens is 673 g/mol. The summed E-state index contributed by atoms with van der Waals surface area (Å²) >= 11 is 5.53. The molecule has 13 heteroatoms. The number of thioether (sulfide) groups is 1. The van der Waals surface area contributed by atoms with Crippen LogP contribution in [0.2, 0.25) is 0 Å². The molecule has 3 aromatic carbocycles. The van der Waals surface area contributed by atoms with Gasteiger partial charge in [0.25, 0.3) is 0 Å². The number of halogens is 2. The average Bonchev–Trinajstić information content (AvgIpc) is 3.44. The number of aromatic nitrogens is 1. The minimum atomic E-state index is -0.871. The minimum Gasteiger partial charge on any atom is -0.462 e. The van der Waals surface area contributed by atoms with E-state index in [1.807, 2.05) is 24.3 Å². The number of carbonyl (C=O) groups is 4. The first-order valence-electron chi connectivity index (χ1n) is 13.5. The molecule has 1 saturated heterocycles. The van der Waals surface area contributed by atoms with Crippen molar-refractivity contribution in [2.24, 2.45) is 5.92 Å². The maximum absolute atomic E-state index is 14.1. The van der Waals surface area contributed by atoms with Crippen LogP contribution in [0.15, 0.2) is 87.1 Å². The lowest BCUT2D eigenvalue weighted by Gasteiger charge is -2.30. The van der Waals surface area contributed by atoms with Crippen molar-refractivity contribution in [1.29, 1.82) is 0 Å². The van der Waals surface area contributed by atoms with Crippen LogP contribution < -0.4 is 15.1 Å². The maximum atomic E-state index is 14.1. The molecular formula is C31H23BrFN3O6S2. The van der Waals surface area contributed by atoms with Gasteiger partial charge in [0, 0.05) is 21.0 Å². The number of hydrogen-bond donors (Lipinski definition) is 1. The van der Waals surface area contributed by atoms with Crippen molar-refractivity contribution in [2.75, 3.05) is 16.8 Å². The Labute approximate surface area is 267 Å². The van der Waals surface area contributed by atoms with Crippen LogP contribution in [0, 0.1) is 11.7 Å². The van der Waals surface area contributed by atoms with E-state index in [0.717, 1.165) is 38.0 Å². The first-order valence-corrected chi connectivity index (χ1v) is 16.0. The number of ether oxygens (including phenoxy) is 1. The maximum Gasteiger partial charge on any atom is 0.338 e. The zero-order valence-electron chi connectivity index (χ0n) is 23.0. The summed E-state index contributed by atoms with van der Waals surface area (Å²) in [5.74, 6) is -3.79. The fourth-order valence-corrected chi connectivity index (χ4v) is 8.60. The Kier molecular flexibility index (Phi) is 8.27. The predicted molar refractivity (Wildman–Crippen MR) is 168 cm³/mol. The molecule has 6 rings (SSSR count). The van der Waals surface area contributed by atoms with Gasteiger partial charge < -0.3 is 10.1 Å². The van der Waals surface area contributed by atoms with Crippen molar-refractivity contribution in [3.05, 3.63) is 109 Å². The summed E-state index contributed by atoms with van der Waals surface area (Å²) in [5.41, 5.74) is 1.71. The third-order valence-electron chi connectivity index (χ3n) is 7.32. The molecule has 2 aliphatic heterocycles. The van der Waals surface area contributed by atoms with Crippen LogP contribution in [0.25, 0.3) is 0 Å². The zero-order valence-corrected chi connectivity index (χ0v) is 26.2. The van der Waals surface area contributed by atoms with E-state index in [0.29, 0.717) is 26.8 Å². The molecule has 2 aliphatic rings. The third kappa shape index (κ3) is 5.51. The van der Waals surface area contributed by atoms with E-state index in [4.69, 9.17) is 4.74 Å². The van der Waals surface area contributed by atoms with Crippen molar-refractivity contribution >= 4 is 74.1 Å². The molecule has 0 unspecified atom stereocenters. The lowest BCUT2D eigenvalue weighted by atomic mass is 9.83. The molecule has 44 heavy (non-hydrogen) atoms. The van der Waals surface area contributed by atoms with Gasteiger partial charge >= 0.3 is 10.8 Å². The van der Waals surface area contributed by atoms with Crippen molar-refractivity contribution in [3.8, 4) is 0 Å². The van der Waals surface area contributed by atoms with Crippen LogP contribution >= 0.6 is 39.0 Å². The number of amides is 3. The molecule has 224 valence electrons. The summed E-state index contributed by atoms with van der Waals surface area (Å²) in [7, 11) is 0. The second kappa shape index (κ2) is 12.1. The van der Waals surface area contributed by atoms with Gasteiger partial charge in [-0.1, -0.05) is 51.2 Å². The summed E-state index contributed by atoms with van der Waals surface area (Å²) in [6.07, 6.45) is 0. The number of hydrogen-bond acceptors (Lipinski definition) is 8. The van der Waals surface area contributed by atoms with Crippen molar-refractivity contribution in [3.63, 3.8) is 0 Å². The predicted octanol–water partition coefficient (Wildman–Crippen LogP) is 5.42. The smallest absolute Gasteiger partial charge is 0.338 e. The number of carbonyl (C=O) groups excluding carboxylic acids is 4. The number of benzene rings is 3. The number of anilines is 2. The molecule has 0 saturated carbocycles. The van der Waals surface area contributed by atoms with Crippen molar-refractivity contribution in [2.45, 2.75) is 29.7 Å². The molecule has 0 aliphatic carbocycles. The average molecular weight is 697 g/mol. The Morgan fingerprint density at radius 1 is 1.00 bits per heavy atom. The van der Waals surface area contributed by atoms with E-state index in [9.17, 15) is 28.4 Å². The SMILES string of the molecule is CCOC(=O)c1ccc(N2C(=O)[C@H]3[C@H](c4cccc(Br)c4)c4sc(=O)n(CC(=O)Nc5ccc(F)cc5)c4S[C@H]3C2=O)cc1. The highest BCUT2D eigenvalue weighted by Gasteiger charge is 2.56. The lowest BCUT2D eigenvalue weighted by Crippen LogP contribution is -2.33. The highest BCUT2D eigenvalue weighted by atomic mass is 79.9. The van der Waals surface area contributed by atoms with E-state index in [-0.39, 0.29) is 13.2 Å². The third-order valence-corrected chi connectivity index (χ3v) is 10.4. The fraction of sp³-hybridized carbons (Fsp3) is 0.194. The highest BCUT2D eigenvalue weighted by Crippen LogP contribution is 2.54. The Hall–Kier alpha value is -4.07. The number of nitrogens with one attached hydrogen (secondary N) is 1. The summed E-state index contributed by atoms with van der Waals surface area (Å²) in [4.78, 5) is 67.7. The van der Waals surface area contributed by atoms with Crippen LogP contribution in [-0.4, -0.2) is 40.1 Å². The molecule has 3 amide bonds. The molecule has 0 bridgehead atoms. The summed E-state index contributed by atoms with van der Waals surface area (Å²) < 4.78 is 20.4. The van der Waals surface area contributed by atoms with Crippen molar-refractivity contribution in [1.82, 2.24) is 4.57 Å². The second-order valence-electron chi connectivity index (χ2n) is 10.1. The van der Waals surface area contributed by atoms with Gasteiger partial charge in [-0.25, -0.2) is 14.1 Å². The summed E-state index contributed by atoms with van der Waals surface area (Å²) in [6, 6.07) is 18.7. The zero-order chi connectivity index (χ0) is 31.1. The standard InChI is InChI=1S/C31H23BrFN3O6S2/c1-2-42-30(40)16-6-12-21(13-7-16)36-27(38)24-23(17-4-3-5-18(32)14-17)26-29(43-25(24)28(36)39)35(31(41)44-26)15-22(37)34-20-10-8-19(33)9-11-20/h3-14,23-25H,2,15H2,1H3,(H,34,37)/t23-,24-,25+/m0/s1. The first kappa shape index (κ1) is 30.0. The van der Waals surface area contributed by atoms with E-state index >= 15 is 0 Å². The largest absolute Gasteiger partial charge is 0.462 e. The molecule has 1 aromatic heterocycles. The van der Waals surface area contributed by atoms with E-state index in [2.05, 4.69) is 21.2 Å². The fourth-order valence-electron chi connectivity index (χ4n) is 5.41. The number of esters is 1. The molecule has 1 fully saturated rings. The Balaban J connectivity index is 1.37. The number of fused-ring (bicyclic) bond motifs is 2. The van der Waals surface area contributed by atoms with Gasteiger partial charge in [-0.15, -0.1) is 0 Å². The van der Waals surface area contributed by atoms with Gasteiger partial charge in [0.15, 0.2) is 0 Å². The minimum absolute atomic E-state index is 0.213. The topological polar surface area (TPSA) is 115 Å². The molecule has 1 N–H and O–H groups in total. The molecule has 0 spiro atoms. The molecule has 3 atom stereocenters. The van der Waals surface area contributed by atoms with Gasteiger partial charge in [-0.2, -0.15) is 0 Å². The Morgan fingerprint density at radius 3 is 2.41 bits per heavy atom. The molecule has 0 radical (unpaired) electrons. The quantitative estimate of drug-likeness (QED) is 0.203. The van der Waals surface area contributed by atoms with Crippen LogP contribution in [0.4, 0.5) is 15.8 Å². The van der Waals surface area contributed by atoms with Gasteiger partial charge in [-0.05, 0) is 73.2 Å². The van der Waals surface area contributed by atoms with Gasteiger partial charge in [0.2, 0.25) is 17.7 Å². The van der Waals surface area contributed by atoms with E-state index in [1.165, 1.54) is 53.1 Å². The van der Waals surface area contributed by atoms with E-state index < -0.39 is 51.5 Å². The van der Waals surface area contributed by atoms with Crippen LogP contribution in [0.1, 0.15) is 33.6 Å². The lowest BCUT2D eigenvalue weighted by molar-refractivity contribution is -0.122. The number of imide groups is 1. The van der Waals surface area contributed by atoms with Crippen LogP contribution in [-0.2, 0) is 25.7 Å². The van der Waals surface area contributed by atoms with E-state index in [1.54, 1.807) is 6.92 Å². The van der Waals surface area contributed by atoms with Crippen molar-refractivity contribution < 1.29 is 28.3 Å². The van der Waals surface area contributed by atoms with Gasteiger partial charge in [0.05, 0.1) is 28.8 Å². The molecule has 3 heterocycles. The summed E-state index contributed by atoms with van der Waals surface area (Å²) in [6.45, 7) is 1.58. The second-order valence-corrected chi connectivity index (χ2v) is 13.1. The van der Waals surface area contributed by atoms with Gasteiger partial charge in [0.1, 0.15) is 17.6 Å². The summed E-state index contributed by atoms with van der Waals surface area (Å²) in [5, 5.41) is 2.24. The monoisotopic (exact) mass is 695 g/mol. The first-order chi connectivity index (χ1) is 21.2. The molecule has 4 aromatic rings. The Morgan fingerprint density at radius 2 is 1.73 bits per heavy atom. The Bertz CT molecular complexity index is 1860. The highest BCUT2D eigenvalue weighted by molar-refractivity contribution is 9.10. The normalized spacial score (nSPS) is 19.0. The number of rotatable bonds is 7. The number of nitrogens with zero attached hydrogens (tertiary/aromatic N) is 2. The van der Waals surface area contributed by atoms with Crippen LogP contribution in [0.3, 0.4) is 0 Å².